The van der Waals surface area contributed by atoms with Crippen molar-refractivity contribution in [2.75, 3.05) is 0 Å². The lowest BCUT2D eigenvalue weighted by molar-refractivity contribution is 0.467. The van der Waals surface area contributed by atoms with Crippen LogP contribution in [0.1, 0.15) is 5.56 Å². The predicted molar refractivity (Wildman–Crippen MR) is 91.4 cm³/mol. The van der Waals surface area contributed by atoms with Crippen LogP contribution in [0.15, 0.2) is 68.6 Å². The smallest absolute Gasteiger partial charge is 0.339 e. The summed E-state index contributed by atoms with van der Waals surface area (Å²) in [6.07, 6.45) is 0. The number of aromatic hydroxyl groups is 1. The number of rotatable bonds is 2. The number of hydrogen-bond donors (Lipinski definition) is 1. The van der Waals surface area contributed by atoms with Crippen molar-refractivity contribution in [3.63, 3.8) is 0 Å². The lowest BCUT2D eigenvalue weighted by Crippen LogP contribution is -2.22. The molecule has 0 aliphatic heterocycles. The van der Waals surface area contributed by atoms with Crippen molar-refractivity contribution in [1.82, 2.24) is 4.57 Å². The summed E-state index contributed by atoms with van der Waals surface area (Å²) < 4.78 is 19.8. The molecular weight excluding hydrogens is 325 g/mol. The molecule has 0 aliphatic carbocycles. The minimum absolute atomic E-state index is 0.0552. The van der Waals surface area contributed by atoms with E-state index in [9.17, 15) is 19.1 Å². The van der Waals surface area contributed by atoms with Crippen molar-refractivity contribution in [3.8, 4) is 5.75 Å². The highest BCUT2D eigenvalue weighted by Crippen LogP contribution is 2.27. The van der Waals surface area contributed by atoms with Crippen molar-refractivity contribution in [3.05, 3.63) is 86.8 Å². The van der Waals surface area contributed by atoms with Crippen molar-refractivity contribution in [2.45, 2.75) is 6.54 Å². The van der Waals surface area contributed by atoms with Gasteiger partial charge in [-0.05, 0) is 29.8 Å². The molecule has 25 heavy (non-hydrogen) atoms. The second-order valence-corrected chi connectivity index (χ2v) is 5.69. The molecule has 2 aromatic heterocycles. The number of pyridine rings is 1. The number of halogens is 1. The van der Waals surface area contributed by atoms with E-state index in [2.05, 4.69) is 0 Å². The molecule has 124 valence electrons. The van der Waals surface area contributed by atoms with Crippen LogP contribution in [0, 0.1) is 5.82 Å². The lowest BCUT2D eigenvalue weighted by atomic mass is 10.1. The van der Waals surface area contributed by atoms with Gasteiger partial charge in [0, 0.05) is 5.39 Å². The lowest BCUT2D eigenvalue weighted by Gasteiger charge is -2.13. The van der Waals surface area contributed by atoms with Gasteiger partial charge in [0.1, 0.15) is 17.0 Å². The Hall–Kier alpha value is -3.41. The molecule has 1 N–H and O–H groups in total. The quantitative estimate of drug-likeness (QED) is 0.571. The first-order valence-corrected chi connectivity index (χ1v) is 7.57. The van der Waals surface area contributed by atoms with Crippen LogP contribution < -0.4 is 11.2 Å². The molecule has 2 heterocycles. The molecule has 0 unspecified atom stereocenters. The highest BCUT2D eigenvalue weighted by Gasteiger charge is 2.16. The Kier molecular flexibility index (Phi) is 3.39. The van der Waals surface area contributed by atoms with Gasteiger partial charge < -0.3 is 14.1 Å². The molecule has 0 bridgehead atoms. The average Bonchev–Trinajstić information content (AvgIpc) is 2.59. The Morgan fingerprint density at radius 3 is 2.52 bits per heavy atom. The van der Waals surface area contributed by atoms with Crippen LogP contribution in [0.4, 0.5) is 4.39 Å². The van der Waals surface area contributed by atoms with E-state index in [-0.39, 0.29) is 23.3 Å². The maximum absolute atomic E-state index is 13.1. The zero-order valence-electron chi connectivity index (χ0n) is 12.9. The third-order valence-electron chi connectivity index (χ3n) is 4.09. The molecule has 0 spiro atoms. The number of benzene rings is 2. The third-order valence-corrected chi connectivity index (χ3v) is 4.09. The summed E-state index contributed by atoms with van der Waals surface area (Å²) in [6, 6.07) is 13.6. The van der Waals surface area contributed by atoms with Crippen LogP contribution in [0.25, 0.3) is 21.9 Å². The van der Waals surface area contributed by atoms with Crippen molar-refractivity contribution >= 4 is 21.9 Å². The summed E-state index contributed by atoms with van der Waals surface area (Å²) in [7, 11) is 0. The standard InChI is InChI=1S/C19H12FNO4/c20-12-7-5-11(6-8-12)10-21-14-4-2-1-3-13(14)18-17(19(21)24)15(22)9-16(23)25-18/h1-9,22H,10H2. The number of para-hydroxylation sites is 1. The van der Waals surface area contributed by atoms with E-state index in [0.29, 0.717) is 10.9 Å². The molecule has 5 nitrogen and oxygen atoms in total. The van der Waals surface area contributed by atoms with E-state index in [1.165, 1.54) is 16.7 Å². The fourth-order valence-corrected chi connectivity index (χ4v) is 2.95. The van der Waals surface area contributed by atoms with Crippen LogP contribution in [0.5, 0.6) is 5.75 Å². The Bertz CT molecular complexity index is 1220. The van der Waals surface area contributed by atoms with Gasteiger partial charge in [-0.2, -0.15) is 0 Å². The molecule has 2 aromatic carbocycles. The number of aromatic nitrogens is 1. The van der Waals surface area contributed by atoms with E-state index in [1.54, 1.807) is 36.4 Å². The highest BCUT2D eigenvalue weighted by atomic mass is 19.1. The van der Waals surface area contributed by atoms with Crippen molar-refractivity contribution in [2.24, 2.45) is 0 Å². The molecule has 0 aliphatic rings. The van der Waals surface area contributed by atoms with Crippen LogP contribution in [0.3, 0.4) is 0 Å². The fourth-order valence-electron chi connectivity index (χ4n) is 2.95. The van der Waals surface area contributed by atoms with Gasteiger partial charge in [0.05, 0.1) is 18.1 Å². The molecular formula is C19H12FNO4. The summed E-state index contributed by atoms with van der Waals surface area (Å²) in [5.74, 6) is -0.784. The van der Waals surface area contributed by atoms with Crippen LogP contribution >= 0.6 is 0 Å². The molecule has 0 atom stereocenters. The van der Waals surface area contributed by atoms with Crippen molar-refractivity contribution in [1.29, 1.82) is 0 Å². The second-order valence-electron chi connectivity index (χ2n) is 5.69. The third kappa shape index (κ3) is 2.48. The van der Waals surface area contributed by atoms with Gasteiger partial charge >= 0.3 is 5.63 Å². The highest BCUT2D eigenvalue weighted by molar-refractivity contribution is 6.03. The summed E-state index contributed by atoms with van der Waals surface area (Å²) in [5, 5.41) is 10.6. The van der Waals surface area contributed by atoms with Gasteiger partial charge in [-0.15, -0.1) is 0 Å². The number of hydrogen-bond acceptors (Lipinski definition) is 4. The first kappa shape index (κ1) is 15.1. The molecule has 6 heteroatoms. The first-order chi connectivity index (χ1) is 12.0. The maximum Gasteiger partial charge on any atom is 0.339 e. The predicted octanol–water partition coefficient (Wildman–Crippen LogP) is 3.00. The van der Waals surface area contributed by atoms with Gasteiger partial charge in [-0.25, -0.2) is 9.18 Å². The van der Waals surface area contributed by atoms with Crippen LogP contribution in [0.2, 0.25) is 0 Å². The normalized spacial score (nSPS) is 11.2. The first-order valence-electron chi connectivity index (χ1n) is 7.57. The summed E-state index contributed by atoms with van der Waals surface area (Å²) >= 11 is 0. The Balaban J connectivity index is 2.09. The van der Waals surface area contributed by atoms with Gasteiger partial charge in [-0.1, -0.05) is 24.3 Å². The summed E-state index contributed by atoms with van der Waals surface area (Å²) in [5.41, 5.74) is 0.119. The Morgan fingerprint density at radius 1 is 1.04 bits per heavy atom. The molecule has 0 amide bonds. The summed E-state index contributed by atoms with van der Waals surface area (Å²) in [4.78, 5) is 24.5. The Labute approximate surface area is 140 Å². The van der Waals surface area contributed by atoms with E-state index >= 15 is 0 Å². The van der Waals surface area contributed by atoms with Crippen LogP contribution in [-0.2, 0) is 6.54 Å². The molecule has 0 saturated carbocycles. The molecule has 0 radical (unpaired) electrons. The minimum Gasteiger partial charge on any atom is -0.507 e. The van der Waals surface area contributed by atoms with Gasteiger partial charge in [0.25, 0.3) is 5.56 Å². The van der Waals surface area contributed by atoms with E-state index in [0.717, 1.165) is 11.6 Å². The summed E-state index contributed by atoms with van der Waals surface area (Å²) in [6.45, 7) is 0.189. The fraction of sp³-hybridized carbons (Fsp3) is 0.0526. The monoisotopic (exact) mass is 337 g/mol. The van der Waals surface area contributed by atoms with Crippen molar-refractivity contribution < 1.29 is 13.9 Å². The molecule has 4 rings (SSSR count). The molecule has 4 aromatic rings. The topological polar surface area (TPSA) is 72.4 Å². The van der Waals surface area contributed by atoms with Gasteiger partial charge in [-0.3, -0.25) is 4.79 Å². The largest absolute Gasteiger partial charge is 0.507 e. The van der Waals surface area contributed by atoms with E-state index < -0.39 is 16.9 Å². The maximum atomic E-state index is 13.1. The molecule has 0 saturated heterocycles. The number of nitrogens with zero attached hydrogens (tertiary/aromatic N) is 1. The zero-order chi connectivity index (χ0) is 17.6. The SMILES string of the molecule is O=c1cc(O)c2c(=O)n(Cc3ccc(F)cc3)c3ccccc3c2o1. The van der Waals surface area contributed by atoms with Gasteiger partial charge in [0.2, 0.25) is 0 Å². The minimum atomic E-state index is -0.731. The average molecular weight is 337 g/mol. The molecule has 0 fully saturated rings. The number of fused-ring (bicyclic) bond motifs is 3. The second kappa shape index (κ2) is 5.59. The zero-order valence-corrected chi connectivity index (χ0v) is 12.9. The van der Waals surface area contributed by atoms with E-state index in [4.69, 9.17) is 4.42 Å². The van der Waals surface area contributed by atoms with Gasteiger partial charge in [0.15, 0.2) is 5.58 Å². The Morgan fingerprint density at radius 2 is 1.76 bits per heavy atom. The van der Waals surface area contributed by atoms with Crippen LogP contribution in [-0.4, -0.2) is 9.67 Å². The van der Waals surface area contributed by atoms with E-state index in [1.807, 2.05) is 0 Å².